The standard InChI is InChI=1S/C22H17FN4O/c23-17-9-6-11-19(13-17)27-21(16-7-2-1-3-8-16)20(15-26-27)22(28)25-14-18-10-4-5-12-24-18/h1-13,15H,14H2,(H,25,28). The summed E-state index contributed by atoms with van der Waals surface area (Å²) in [5, 5.41) is 7.23. The number of hydrogen-bond donors (Lipinski definition) is 1. The summed E-state index contributed by atoms with van der Waals surface area (Å²) in [4.78, 5) is 17.1. The van der Waals surface area contributed by atoms with E-state index in [2.05, 4.69) is 15.4 Å². The van der Waals surface area contributed by atoms with Crippen molar-refractivity contribution in [2.75, 3.05) is 0 Å². The average Bonchev–Trinajstić information content (AvgIpc) is 3.19. The molecule has 2 aromatic carbocycles. The van der Waals surface area contributed by atoms with E-state index in [0.29, 0.717) is 23.5 Å². The van der Waals surface area contributed by atoms with E-state index in [1.54, 1.807) is 23.0 Å². The van der Waals surface area contributed by atoms with Crippen molar-refractivity contribution in [2.45, 2.75) is 6.54 Å². The molecule has 0 aliphatic rings. The van der Waals surface area contributed by atoms with Gasteiger partial charge in [0.25, 0.3) is 5.91 Å². The minimum Gasteiger partial charge on any atom is -0.346 e. The molecule has 0 unspecified atom stereocenters. The highest BCUT2D eigenvalue weighted by molar-refractivity contribution is 6.00. The van der Waals surface area contributed by atoms with Gasteiger partial charge < -0.3 is 5.32 Å². The van der Waals surface area contributed by atoms with E-state index in [0.717, 1.165) is 11.3 Å². The molecule has 6 heteroatoms. The zero-order valence-electron chi connectivity index (χ0n) is 14.9. The second-order valence-corrected chi connectivity index (χ2v) is 6.17. The number of hydrogen-bond acceptors (Lipinski definition) is 3. The van der Waals surface area contributed by atoms with Gasteiger partial charge in [0.05, 0.1) is 35.4 Å². The van der Waals surface area contributed by atoms with Gasteiger partial charge in [-0.3, -0.25) is 9.78 Å². The highest BCUT2D eigenvalue weighted by Crippen LogP contribution is 2.27. The summed E-state index contributed by atoms with van der Waals surface area (Å²) in [7, 11) is 0. The third kappa shape index (κ3) is 3.66. The maximum absolute atomic E-state index is 13.7. The monoisotopic (exact) mass is 372 g/mol. The number of rotatable bonds is 5. The Balaban J connectivity index is 1.72. The number of nitrogens with one attached hydrogen (secondary N) is 1. The van der Waals surface area contributed by atoms with Crippen molar-refractivity contribution < 1.29 is 9.18 Å². The molecule has 2 heterocycles. The van der Waals surface area contributed by atoms with Gasteiger partial charge in [0.1, 0.15) is 5.82 Å². The van der Waals surface area contributed by atoms with Gasteiger partial charge in [0.15, 0.2) is 0 Å². The molecule has 28 heavy (non-hydrogen) atoms. The lowest BCUT2D eigenvalue weighted by Gasteiger charge is -2.11. The molecular weight excluding hydrogens is 355 g/mol. The lowest BCUT2D eigenvalue weighted by atomic mass is 10.1. The maximum Gasteiger partial charge on any atom is 0.255 e. The van der Waals surface area contributed by atoms with Gasteiger partial charge >= 0.3 is 0 Å². The fraction of sp³-hybridized carbons (Fsp3) is 0.0455. The van der Waals surface area contributed by atoms with E-state index in [9.17, 15) is 9.18 Å². The predicted octanol–water partition coefficient (Wildman–Crippen LogP) is 4.00. The normalized spacial score (nSPS) is 10.6. The number of benzene rings is 2. The first kappa shape index (κ1) is 17.6. The fourth-order valence-electron chi connectivity index (χ4n) is 2.96. The molecule has 4 rings (SSSR count). The molecule has 0 fully saturated rings. The topological polar surface area (TPSA) is 59.8 Å². The molecule has 0 saturated carbocycles. The van der Waals surface area contributed by atoms with Gasteiger partial charge in [-0.2, -0.15) is 5.10 Å². The number of amides is 1. The second-order valence-electron chi connectivity index (χ2n) is 6.17. The van der Waals surface area contributed by atoms with Crippen LogP contribution >= 0.6 is 0 Å². The number of aromatic nitrogens is 3. The molecule has 0 aliphatic carbocycles. The number of pyridine rings is 1. The van der Waals surface area contributed by atoms with Gasteiger partial charge in [-0.25, -0.2) is 9.07 Å². The lowest BCUT2D eigenvalue weighted by Crippen LogP contribution is -2.23. The van der Waals surface area contributed by atoms with Crippen LogP contribution in [0.15, 0.2) is 85.2 Å². The molecule has 5 nitrogen and oxygen atoms in total. The molecule has 2 aromatic heterocycles. The number of nitrogens with zero attached hydrogens (tertiary/aromatic N) is 3. The summed E-state index contributed by atoms with van der Waals surface area (Å²) < 4.78 is 15.3. The molecule has 0 atom stereocenters. The van der Waals surface area contributed by atoms with Crippen molar-refractivity contribution in [1.82, 2.24) is 20.1 Å². The lowest BCUT2D eigenvalue weighted by molar-refractivity contribution is 0.0951. The Morgan fingerprint density at radius 1 is 1.00 bits per heavy atom. The van der Waals surface area contributed by atoms with Crippen molar-refractivity contribution in [2.24, 2.45) is 0 Å². The summed E-state index contributed by atoms with van der Waals surface area (Å²) in [5.41, 5.74) is 3.13. The van der Waals surface area contributed by atoms with Gasteiger partial charge in [-0.15, -0.1) is 0 Å². The summed E-state index contributed by atoms with van der Waals surface area (Å²) >= 11 is 0. The minimum absolute atomic E-state index is 0.271. The van der Waals surface area contributed by atoms with Crippen LogP contribution in [0.4, 0.5) is 4.39 Å². The van der Waals surface area contributed by atoms with Crippen LogP contribution in [0, 0.1) is 5.82 Å². The highest BCUT2D eigenvalue weighted by Gasteiger charge is 2.20. The van der Waals surface area contributed by atoms with Gasteiger partial charge in [0, 0.05) is 11.8 Å². The molecular formula is C22H17FN4O. The summed E-state index contributed by atoms with van der Waals surface area (Å²) in [6.45, 7) is 0.305. The van der Waals surface area contributed by atoms with Crippen LogP contribution in [0.25, 0.3) is 16.9 Å². The molecule has 0 aliphatic heterocycles. The molecule has 4 aromatic rings. The Labute approximate surface area is 161 Å². The molecule has 1 N–H and O–H groups in total. The summed E-state index contributed by atoms with van der Waals surface area (Å²) in [6, 6.07) is 21.1. The Kier molecular flexibility index (Phi) is 4.93. The van der Waals surface area contributed by atoms with E-state index in [1.165, 1.54) is 18.3 Å². The third-order valence-corrected chi connectivity index (χ3v) is 4.27. The zero-order chi connectivity index (χ0) is 19.3. The quantitative estimate of drug-likeness (QED) is 0.576. The van der Waals surface area contributed by atoms with Crippen LogP contribution in [-0.4, -0.2) is 20.7 Å². The van der Waals surface area contributed by atoms with Gasteiger partial charge in [0.2, 0.25) is 0 Å². The van der Waals surface area contributed by atoms with Crippen molar-refractivity contribution in [1.29, 1.82) is 0 Å². The largest absolute Gasteiger partial charge is 0.346 e. The van der Waals surface area contributed by atoms with E-state index in [4.69, 9.17) is 0 Å². The van der Waals surface area contributed by atoms with E-state index < -0.39 is 0 Å². The van der Waals surface area contributed by atoms with Crippen LogP contribution in [-0.2, 0) is 6.54 Å². The first-order valence-corrected chi connectivity index (χ1v) is 8.80. The SMILES string of the molecule is O=C(NCc1ccccn1)c1cnn(-c2cccc(F)c2)c1-c1ccccc1. The van der Waals surface area contributed by atoms with Crippen LogP contribution in [0.1, 0.15) is 16.1 Å². The van der Waals surface area contributed by atoms with Gasteiger partial charge in [-0.1, -0.05) is 42.5 Å². The first-order chi connectivity index (χ1) is 13.7. The summed E-state index contributed by atoms with van der Waals surface area (Å²) in [5.74, 6) is -0.639. The van der Waals surface area contributed by atoms with E-state index in [-0.39, 0.29) is 11.7 Å². The molecule has 0 radical (unpaired) electrons. The second kappa shape index (κ2) is 7.84. The third-order valence-electron chi connectivity index (χ3n) is 4.27. The number of carbonyl (C=O) groups is 1. The predicted molar refractivity (Wildman–Crippen MR) is 104 cm³/mol. The van der Waals surface area contributed by atoms with Crippen molar-refractivity contribution in [3.8, 4) is 16.9 Å². The smallest absolute Gasteiger partial charge is 0.255 e. The Morgan fingerprint density at radius 2 is 1.82 bits per heavy atom. The first-order valence-electron chi connectivity index (χ1n) is 8.80. The van der Waals surface area contributed by atoms with Crippen LogP contribution in [0.5, 0.6) is 0 Å². The molecule has 0 bridgehead atoms. The van der Waals surface area contributed by atoms with Crippen LogP contribution in [0.3, 0.4) is 0 Å². The number of halogens is 1. The maximum atomic E-state index is 13.7. The molecule has 138 valence electrons. The Bertz CT molecular complexity index is 1090. The fourth-order valence-corrected chi connectivity index (χ4v) is 2.96. The highest BCUT2D eigenvalue weighted by atomic mass is 19.1. The Hall–Kier alpha value is -3.80. The van der Waals surface area contributed by atoms with Gasteiger partial charge in [-0.05, 0) is 30.3 Å². The van der Waals surface area contributed by atoms with Crippen LogP contribution in [0.2, 0.25) is 0 Å². The zero-order valence-corrected chi connectivity index (χ0v) is 14.9. The molecule has 0 spiro atoms. The van der Waals surface area contributed by atoms with E-state index >= 15 is 0 Å². The minimum atomic E-state index is -0.367. The average molecular weight is 372 g/mol. The molecule has 0 saturated heterocycles. The van der Waals surface area contributed by atoms with E-state index in [1.807, 2.05) is 48.5 Å². The van der Waals surface area contributed by atoms with Crippen molar-refractivity contribution in [3.63, 3.8) is 0 Å². The number of carbonyl (C=O) groups excluding carboxylic acids is 1. The van der Waals surface area contributed by atoms with Crippen LogP contribution < -0.4 is 5.32 Å². The molecule has 1 amide bonds. The summed E-state index contributed by atoms with van der Waals surface area (Å²) in [6.07, 6.45) is 3.18. The van der Waals surface area contributed by atoms with Crippen molar-refractivity contribution >= 4 is 5.91 Å². The van der Waals surface area contributed by atoms with Crippen molar-refractivity contribution in [3.05, 3.63) is 102 Å². The Morgan fingerprint density at radius 3 is 2.57 bits per heavy atom.